The molecule has 0 spiro atoms. The highest BCUT2D eigenvalue weighted by molar-refractivity contribution is 5.40. The van der Waals surface area contributed by atoms with Crippen molar-refractivity contribution in [3.63, 3.8) is 0 Å². The maximum absolute atomic E-state index is 5.85. The zero-order valence-corrected chi connectivity index (χ0v) is 10.2. The Morgan fingerprint density at radius 3 is 2.78 bits per heavy atom. The summed E-state index contributed by atoms with van der Waals surface area (Å²) in [5, 5.41) is 0. The van der Waals surface area contributed by atoms with Gasteiger partial charge in [0.15, 0.2) is 0 Å². The van der Waals surface area contributed by atoms with E-state index in [-0.39, 0.29) is 0 Å². The molecule has 0 atom stereocenters. The summed E-state index contributed by atoms with van der Waals surface area (Å²) >= 11 is 0. The molecule has 3 heteroatoms. The predicted octanol–water partition coefficient (Wildman–Crippen LogP) is 2.82. The number of hydrogen-bond donors (Lipinski definition) is 1. The van der Waals surface area contributed by atoms with Crippen LogP contribution < -0.4 is 10.5 Å². The number of fused-ring (bicyclic) bond motifs is 1. The summed E-state index contributed by atoms with van der Waals surface area (Å²) < 4.78 is 5.85. The zero-order valence-electron chi connectivity index (χ0n) is 10.2. The van der Waals surface area contributed by atoms with E-state index in [0.717, 1.165) is 23.6 Å². The average molecular weight is 240 g/mol. The summed E-state index contributed by atoms with van der Waals surface area (Å²) in [4.78, 5) is 4.15. The zero-order chi connectivity index (χ0) is 12.4. The lowest BCUT2D eigenvalue weighted by Gasteiger charge is -2.08. The van der Waals surface area contributed by atoms with Crippen molar-refractivity contribution in [3.05, 3.63) is 53.3 Å². The van der Waals surface area contributed by atoms with E-state index in [2.05, 4.69) is 17.1 Å². The molecule has 0 unspecified atom stereocenters. The molecular formula is C15H16N2O. The molecule has 0 aliphatic heterocycles. The second-order valence-electron chi connectivity index (χ2n) is 4.57. The van der Waals surface area contributed by atoms with E-state index in [1.54, 1.807) is 6.20 Å². The van der Waals surface area contributed by atoms with Crippen molar-refractivity contribution < 1.29 is 4.74 Å². The number of aryl methyl sites for hydroxylation is 2. The molecule has 3 nitrogen and oxygen atoms in total. The first-order valence-electron chi connectivity index (χ1n) is 6.30. The number of hydrogen-bond acceptors (Lipinski definition) is 3. The van der Waals surface area contributed by atoms with Crippen LogP contribution in [0.4, 0.5) is 0 Å². The van der Waals surface area contributed by atoms with Gasteiger partial charge >= 0.3 is 0 Å². The Morgan fingerprint density at radius 1 is 1.06 bits per heavy atom. The molecule has 0 radical (unpaired) electrons. The molecule has 0 fully saturated rings. The highest BCUT2D eigenvalue weighted by Gasteiger charge is 2.11. The van der Waals surface area contributed by atoms with E-state index < -0.39 is 0 Å². The molecule has 1 aromatic carbocycles. The number of benzene rings is 1. The van der Waals surface area contributed by atoms with E-state index in [1.807, 2.05) is 18.2 Å². The van der Waals surface area contributed by atoms with E-state index in [4.69, 9.17) is 10.5 Å². The van der Waals surface area contributed by atoms with Crippen LogP contribution in [0.2, 0.25) is 0 Å². The number of ether oxygens (including phenoxy) is 1. The molecular weight excluding hydrogens is 224 g/mol. The quantitative estimate of drug-likeness (QED) is 0.897. The highest BCUT2D eigenvalue weighted by atomic mass is 16.5. The number of nitrogens with zero attached hydrogens (tertiary/aromatic N) is 1. The summed E-state index contributed by atoms with van der Waals surface area (Å²) in [6.45, 7) is 0.432. The van der Waals surface area contributed by atoms with Crippen LogP contribution in [0, 0.1) is 0 Å². The summed E-state index contributed by atoms with van der Waals surface area (Å²) in [5.41, 5.74) is 9.28. The summed E-state index contributed by atoms with van der Waals surface area (Å²) in [6, 6.07) is 10.1. The Balaban J connectivity index is 1.83. The van der Waals surface area contributed by atoms with Crippen LogP contribution >= 0.6 is 0 Å². The smallest absolute Gasteiger partial charge is 0.130 e. The van der Waals surface area contributed by atoms with Gasteiger partial charge in [0.05, 0.1) is 5.69 Å². The Labute approximate surface area is 107 Å². The molecule has 3 rings (SSSR count). The molecule has 1 aliphatic carbocycles. The molecule has 0 amide bonds. The first-order valence-corrected chi connectivity index (χ1v) is 6.30. The van der Waals surface area contributed by atoms with E-state index in [9.17, 15) is 0 Å². The molecule has 1 aliphatic rings. The van der Waals surface area contributed by atoms with Crippen LogP contribution in [-0.2, 0) is 19.4 Å². The van der Waals surface area contributed by atoms with Gasteiger partial charge in [-0.05, 0) is 48.6 Å². The lowest BCUT2D eigenvalue weighted by Crippen LogP contribution is -1.99. The lowest BCUT2D eigenvalue weighted by atomic mass is 10.1. The summed E-state index contributed by atoms with van der Waals surface area (Å²) in [5.74, 6) is 1.69. The third-order valence-corrected chi connectivity index (χ3v) is 3.30. The second-order valence-corrected chi connectivity index (χ2v) is 4.57. The second kappa shape index (κ2) is 4.78. The van der Waals surface area contributed by atoms with Gasteiger partial charge in [0.1, 0.15) is 11.5 Å². The van der Waals surface area contributed by atoms with Gasteiger partial charge in [-0.15, -0.1) is 0 Å². The third-order valence-electron chi connectivity index (χ3n) is 3.30. The minimum Gasteiger partial charge on any atom is -0.457 e. The number of pyridine rings is 1. The molecule has 92 valence electrons. The van der Waals surface area contributed by atoms with Crippen molar-refractivity contribution in [1.29, 1.82) is 0 Å². The van der Waals surface area contributed by atoms with Gasteiger partial charge in [0.2, 0.25) is 0 Å². The largest absolute Gasteiger partial charge is 0.457 e. The van der Waals surface area contributed by atoms with Crippen LogP contribution in [-0.4, -0.2) is 4.98 Å². The lowest BCUT2D eigenvalue weighted by molar-refractivity contribution is 0.480. The number of rotatable bonds is 3. The van der Waals surface area contributed by atoms with Crippen LogP contribution in [0.3, 0.4) is 0 Å². The summed E-state index contributed by atoms with van der Waals surface area (Å²) in [6.07, 6.45) is 5.34. The SMILES string of the molecule is NCc1cc(Oc2ccc3c(c2)CCC3)ccn1. The fourth-order valence-electron chi connectivity index (χ4n) is 2.38. The van der Waals surface area contributed by atoms with Gasteiger partial charge in [0.25, 0.3) is 0 Å². The molecule has 0 bridgehead atoms. The first-order chi connectivity index (χ1) is 8.85. The van der Waals surface area contributed by atoms with Crippen molar-refractivity contribution in [3.8, 4) is 11.5 Å². The minimum absolute atomic E-state index is 0.432. The van der Waals surface area contributed by atoms with Crippen LogP contribution in [0.25, 0.3) is 0 Å². The van der Waals surface area contributed by atoms with E-state index in [1.165, 1.54) is 24.0 Å². The maximum Gasteiger partial charge on any atom is 0.130 e. The van der Waals surface area contributed by atoms with Gasteiger partial charge in [-0.3, -0.25) is 4.98 Å². The average Bonchev–Trinajstić information content (AvgIpc) is 2.86. The van der Waals surface area contributed by atoms with Gasteiger partial charge in [0, 0.05) is 18.8 Å². The standard InChI is InChI=1S/C15H16N2O/c16-10-13-9-15(6-7-17-13)18-14-5-4-11-2-1-3-12(11)8-14/h4-9H,1-3,10,16H2. The minimum atomic E-state index is 0.432. The topological polar surface area (TPSA) is 48.1 Å². The van der Waals surface area contributed by atoms with Crippen LogP contribution in [0.5, 0.6) is 11.5 Å². The Morgan fingerprint density at radius 2 is 1.89 bits per heavy atom. The highest BCUT2D eigenvalue weighted by Crippen LogP contribution is 2.28. The fraction of sp³-hybridized carbons (Fsp3) is 0.267. The van der Waals surface area contributed by atoms with Crippen LogP contribution in [0.15, 0.2) is 36.5 Å². The molecule has 0 saturated heterocycles. The van der Waals surface area contributed by atoms with Crippen molar-refractivity contribution in [2.75, 3.05) is 0 Å². The van der Waals surface area contributed by atoms with Gasteiger partial charge in [-0.2, -0.15) is 0 Å². The molecule has 1 aromatic heterocycles. The molecule has 1 heterocycles. The Kier molecular flexibility index (Phi) is 2.99. The van der Waals surface area contributed by atoms with Gasteiger partial charge in [-0.1, -0.05) is 6.07 Å². The Hall–Kier alpha value is -1.87. The predicted molar refractivity (Wildman–Crippen MR) is 70.7 cm³/mol. The van der Waals surface area contributed by atoms with E-state index in [0.29, 0.717) is 6.54 Å². The van der Waals surface area contributed by atoms with Gasteiger partial charge in [-0.25, -0.2) is 0 Å². The fourth-order valence-corrected chi connectivity index (χ4v) is 2.38. The first kappa shape index (κ1) is 11.2. The van der Waals surface area contributed by atoms with Crippen LogP contribution in [0.1, 0.15) is 23.2 Å². The third kappa shape index (κ3) is 2.22. The molecule has 2 N–H and O–H groups in total. The number of nitrogens with two attached hydrogens (primary N) is 1. The molecule has 0 saturated carbocycles. The normalized spacial score (nSPS) is 13.4. The number of aromatic nitrogens is 1. The Bertz CT molecular complexity index is 566. The maximum atomic E-state index is 5.85. The van der Waals surface area contributed by atoms with E-state index >= 15 is 0 Å². The molecule has 18 heavy (non-hydrogen) atoms. The van der Waals surface area contributed by atoms with Gasteiger partial charge < -0.3 is 10.5 Å². The van der Waals surface area contributed by atoms with Crippen molar-refractivity contribution >= 4 is 0 Å². The van der Waals surface area contributed by atoms with Crippen molar-refractivity contribution in [2.45, 2.75) is 25.8 Å². The molecule has 2 aromatic rings. The van der Waals surface area contributed by atoms with Crippen molar-refractivity contribution in [2.24, 2.45) is 5.73 Å². The van der Waals surface area contributed by atoms with Crippen molar-refractivity contribution in [1.82, 2.24) is 4.98 Å². The summed E-state index contributed by atoms with van der Waals surface area (Å²) in [7, 11) is 0. The monoisotopic (exact) mass is 240 g/mol.